The summed E-state index contributed by atoms with van der Waals surface area (Å²) in [6, 6.07) is 7.61. The van der Waals surface area contributed by atoms with Gasteiger partial charge in [-0.15, -0.1) is 0 Å². The van der Waals surface area contributed by atoms with Crippen molar-refractivity contribution in [3.8, 4) is 5.75 Å². The Labute approximate surface area is 122 Å². The fourth-order valence-corrected chi connectivity index (χ4v) is 2.33. The minimum atomic E-state index is 0.167. The smallest absolute Gasteiger partial charge is 0.193 e. The lowest BCUT2D eigenvalue weighted by molar-refractivity contribution is 0.298. The zero-order valence-electron chi connectivity index (χ0n) is 13.2. The van der Waals surface area contributed by atoms with Gasteiger partial charge in [-0.3, -0.25) is 4.99 Å². The maximum atomic E-state index is 5.92. The first kappa shape index (κ1) is 16.3. The average Bonchev–Trinajstić information content (AvgIpc) is 2.36. The molecule has 1 rings (SSSR count). The van der Waals surface area contributed by atoms with E-state index < -0.39 is 0 Å². The van der Waals surface area contributed by atoms with Crippen molar-refractivity contribution in [2.24, 2.45) is 22.1 Å². The molecule has 3 N–H and O–H groups in total. The van der Waals surface area contributed by atoms with E-state index in [1.807, 2.05) is 24.3 Å². The summed E-state index contributed by atoms with van der Waals surface area (Å²) in [4.78, 5) is 4.44. The highest BCUT2D eigenvalue weighted by atomic mass is 16.5. The van der Waals surface area contributed by atoms with Crippen molar-refractivity contribution in [1.29, 1.82) is 0 Å². The van der Waals surface area contributed by atoms with E-state index in [2.05, 4.69) is 38.0 Å². The van der Waals surface area contributed by atoms with Crippen molar-refractivity contribution >= 4 is 11.6 Å². The summed E-state index contributed by atoms with van der Waals surface area (Å²) in [6.45, 7) is 9.61. The van der Waals surface area contributed by atoms with Crippen LogP contribution in [0.15, 0.2) is 29.3 Å². The molecule has 1 aromatic rings. The molecule has 0 bridgehead atoms. The standard InChI is InChI=1S/C16H27N3O/c1-12(2)10-16(3,4)11-18-15(17)19-13-6-8-14(20-5)9-7-13/h6-9,12H,10-11H2,1-5H3,(H3,17,18,19). The van der Waals surface area contributed by atoms with Gasteiger partial charge in [0, 0.05) is 12.2 Å². The lowest BCUT2D eigenvalue weighted by Gasteiger charge is -2.24. The van der Waals surface area contributed by atoms with E-state index in [0.717, 1.165) is 24.4 Å². The molecule has 0 fully saturated rings. The molecule has 20 heavy (non-hydrogen) atoms. The third-order valence-corrected chi connectivity index (χ3v) is 3.00. The van der Waals surface area contributed by atoms with Gasteiger partial charge in [-0.05, 0) is 42.0 Å². The van der Waals surface area contributed by atoms with E-state index >= 15 is 0 Å². The summed E-state index contributed by atoms with van der Waals surface area (Å²) < 4.78 is 5.11. The molecule has 0 saturated heterocycles. The van der Waals surface area contributed by atoms with Gasteiger partial charge in [0.2, 0.25) is 0 Å². The average molecular weight is 277 g/mol. The molecular formula is C16H27N3O. The third kappa shape index (κ3) is 5.95. The van der Waals surface area contributed by atoms with E-state index in [-0.39, 0.29) is 5.41 Å². The number of ether oxygens (including phenoxy) is 1. The first-order valence-corrected chi connectivity index (χ1v) is 7.03. The van der Waals surface area contributed by atoms with Gasteiger partial charge in [-0.1, -0.05) is 27.7 Å². The second-order valence-electron chi connectivity index (χ2n) is 6.32. The van der Waals surface area contributed by atoms with Crippen LogP contribution in [0, 0.1) is 11.3 Å². The predicted octanol–water partition coefficient (Wildman–Crippen LogP) is 3.49. The molecule has 0 aliphatic carbocycles. The molecule has 0 radical (unpaired) electrons. The number of hydrogen-bond acceptors (Lipinski definition) is 2. The molecule has 112 valence electrons. The SMILES string of the molecule is COc1ccc(NC(N)=NCC(C)(C)CC(C)C)cc1. The molecule has 0 atom stereocenters. The minimum Gasteiger partial charge on any atom is -0.497 e. The molecule has 0 aliphatic rings. The monoisotopic (exact) mass is 277 g/mol. The normalized spacial score (nSPS) is 12.6. The second kappa shape index (κ2) is 7.17. The molecular weight excluding hydrogens is 250 g/mol. The highest BCUT2D eigenvalue weighted by Gasteiger charge is 2.18. The topological polar surface area (TPSA) is 59.6 Å². The largest absolute Gasteiger partial charge is 0.497 e. The molecule has 0 aromatic heterocycles. The number of methoxy groups -OCH3 is 1. The van der Waals surface area contributed by atoms with Crippen LogP contribution in [-0.4, -0.2) is 19.6 Å². The van der Waals surface area contributed by atoms with Crippen LogP contribution in [0.4, 0.5) is 5.69 Å². The Morgan fingerprint density at radius 3 is 2.40 bits per heavy atom. The van der Waals surface area contributed by atoms with Gasteiger partial charge in [0.1, 0.15) is 5.75 Å². The number of benzene rings is 1. The fourth-order valence-electron chi connectivity index (χ4n) is 2.33. The van der Waals surface area contributed by atoms with E-state index in [0.29, 0.717) is 11.9 Å². The molecule has 0 saturated carbocycles. The van der Waals surface area contributed by atoms with Crippen LogP contribution in [0.2, 0.25) is 0 Å². The first-order valence-electron chi connectivity index (χ1n) is 7.03. The highest BCUT2D eigenvalue weighted by molar-refractivity contribution is 5.92. The van der Waals surface area contributed by atoms with Crippen LogP contribution in [0.1, 0.15) is 34.1 Å². The van der Waals surface area contributed by atoms with Crippen LogP contribution >= 0.6 is 0 Å². The number of nitrogens with two attached hydrogens (primary N) is 1. The van der Waals surface area contributed by atoms with Gasteiger partial charge in [-0.25, -0.2) is 0 Å². The van der Waals surface area contributed by atoms with E-state index in [1.165, 1.54) is 0 Å². The third-order valence-electron chi connectivity index (χ3n) is 3.00. The molecule has 4 heteroatoms. The Kier molecular flexibility index (Phi) is 5.86. The molecule has 0 aliphatic heterocycles. The van der Waals surface area contributed by atoms with Crippen molar-refractivity contribution in [2.45, 2.75) is 34.1 Å². The molecule has 0 heterocycles. The maximum absolute atomic E-state index is 5.92. The summed E-state index contributed by atoms with van der Waals surface area (Å²) in [5, 5.41) is 3.09. The van der Waals surface area contributed by atoms with Gasteiger partial charge in [-0.2, -0.15) is 0 Å². The Hall–Kier alpha value is -1.71. The van der Waals surface area contributed by atoms with Crippen LogP contribution in [-0.2, 0) is 0 Å². The summed E-state index contributed by atoms with van der Waals surface area (Å²) in [7, 11) is 1.65. The molecule has 1 aromatic carbocycles. The van der Waals surface area contributed by atoms with Crippen molar-refractivity contribution in [3.63, 3.8) is 0 Å². The van der Waals surface area contributed by atoms with E-state index in [4.69, 9.17) is 10.5 Å². The van der Waals surface area contributed by atoms with Crippen molar-refractivity contribution in [1.82, 2.24) is 0 Å². The number of hydrogen-bond donors (Lipinski definition) is 2. The van der Waals surface area contributed by atoms with Gasteiger partial charge in [0.25, 0.3) is 0 Å². The Balaban J connectivity index is 2.56. The Bertz CT molecular complexity index is 436. The molecule has 4 nitrogen and oxygen atoms in total. The summed E-state index contributed by atoms with van der Waals surface area (Å²) in [6.07, 6.45) is 1.13. The van der Waals surface area contributed by atoms with Gasteiger partial charge < -0.3 is 15.8 Å². The van der Waals surface area contributed by atoms with Crippen molar-refractivity contribution < 1.29 is 4.74 Å². The van der Waals surface area contributed by atoms with Crippen molar-refractivity contribution in [2.75, 3.05) is 19.0 Å². The Morgan fingerprint density at radius 1 is 1.30 bits per heavy atom. The lowest BCUT2D eigenvalue weighted by Crippen LogP contribution is -2.26. The number of nitrogens with zero attached hydrogens (tertiary/aromatic N) is 1. The number of nitrogens with one attached hydrogen (secondary N) is 1. The van der Waals surface area contributed by atoms with Crippen LogP contribution in [0.25, 0.3) is 0 Å². The number of rotatable bonds is 6. The van der Waals surface area contributed by atoms with Gasteiger partial charge in [0.05, 0.1) is 7.11 Å². The van der Waals surface area contributed by atoms with Gasteiger partial charge in [0.15, 0.2) is 5.96 Å². The zero-order chi connectivity index (χ0) is 15.2. The van der Waals surface area contributed by atoms with Crippen LogP contribution in [0.3, 0.4) is 0 Å². The Morgan fingerprint density at radius 2 is 1.90 bits per heavy atom. The maximum Gasteiger partial charge on any atom is 0.193 e. The number of guanidine groups is 1. The van der Waals surface area contributed by atoms with E-state index in [1.54, 1.807) is 7.11 Å². The predicted molar refractivity (Wildman–Crippen MR) is 86.3 cm³/mol. The molecule has 0 amide bonds. The minimum absolute atomic E-state index is 0.167. The summed E-state index contributed by atoms with van der Waals surface area (Å²) in [5.74, 6) is 1.94. The van der Waals surface area contributed by atoms with Crippen LogP contribution in [0.5, 0.6) is 5.75 Å². The first-order chi connectivity index (χ1) is 9.32. The molecule has 0 spiro atoms. The second-order valence-corrected chi connectivity index (χ2v) is 6.32. The number of aliphatic imine (C=N–C) groups is 1. The summed E-state index contributed by atoms with van der Waals surface area (Å²) in [5.41, 5.74) is 7.00. The fraction of sp³-hybridized carbons (Fsp3) is 0.562. The molecule has 0 unspecified atom stereocenters. The zero-order valence-corrected chi connectivity index (χ0v) is 13.2. The highest BCUT2D eigenvalue weighted by Crippen LogP contribution is 2.25. The quantitative estimate of drug-likeness (QED) is 0.618. The van der Waals surface area contributed by atoms with Crippen molar-refractivity contribution in [3.05, 3.63) is 24.3 Å². The summed E-state index contributed by atoms with van der Waals surface area (Å²) >= 11 is 0. The van der Waals surface area contributed by atoms with E-state index in [9.17, 15) is 0 Å². The lowest BCUT2D eigenvalue weighted by atomic mass is 9.84. The van der Waals surface area contributed by atoms with Gasteiger partial charge >= 0.3 is 0 Å². The van der Waals surface area contributed by atoms with Crippen LogP contribution < -0.4 is 15.8 Å². The number of anilines is 1.